The van der Waals surface area contributed by atoms with Gasteiger partial charge in [-0.1, -0.05) is 30.4 Å². The monoisotopic (exact) mass is 634 g/mol. The lowest BCUT2D eigenvalue weighted by Crippen LogP contribution is -2.25. The molecule has 1 aromatic rings. The normalized spacial score (nSPS) is 21.4. The van der Waals surface area contributed by atoms with Crippen LogP contribution in [-0.4, -0.2) is 95.3 Å². The lowest BCUT2D eigenvalue weighted by Gasteiger charge is -2.23. The molecule has 0 aliphatic heterocycles. The van der Waals surface area contributed by atoms with Gasteiger partial charge in [-0.05, 0) is 43.4 Å². The molecule has 1 fully saturated rings. The zero-order chi connectivity index (χ0) is 32.2. The molecular weight excluding hydrogens is 589 g/mol. The highest BCUT2D eigenvalue weighted by Crippen LogP contribution is 2.38. The average molecular weight is 635 g/mol. The molecule has 0 radical (unpaired) electrons. The number of carboxylic acid groups (broad SMARTS) is 1. The summed E-state index contributed by atoms with van der Waals surface area (Å²) in [6.07, 6.45) is 3.30. The van der Waals surface area contributed by atoms with Gasteiger partial charge in [-0.3, -0.25) is 4.79 Å². The summed E-state index contributed by atoms with van der Waals surface area (Å²) >= 11 is 0. The molecule has 44 heavy (non-hydrogen) atoms. The number of aliphatic hydroxyl groups is 1. The van der Waals surface area contributed by atoms with Crippen molar-refractivity contribution in [3.05, 3.63) is 54.1 Å². The minimum absolute atomic E-state index is 0.00869. The van der Waals surface area contributed by atoms with Gasteiger partial charge in [-0.2, -0.15) is 13.2 Å². The lowest BCUT2D eigenvalue weighted by atomic mass is 9.89. The summed E-state index contributed by atoms with van der Waals surface area (Å²) in [7, 11) is 3.10. The summed E-state index contributed by atoms with van der Waals surface area (Å²) in [5.74, 6) is -1.28. The first-order valence-corrected chi connectivity index (χ1v) is 14.6. The Bertz CT molecular complexity index is 988. The fraction of sp³-hybridized carbons (Fsp3) is 0.645. The van der Waals surface area contributed by atoms with Crippen LogP contribution >= 0.6 is 0 Å². The van der Waals surface area contributed by atoms with E-state index in [0.717, 1.165) is 12.1 Å². The molecule has 13 heteroatoms. The van der Waals surface area contributed by atoms with Gasteiger partial charge in [0.2, 0.25) is 0 Å². The van der Waals surface area contributed by atoms with Crippen molar-refractivity contribution in [3.63, 3.8) is 0 Å². The second kappa shape index (κ2) is 21.3. The van der Waals surface area contributed by atoms with Crippen LogP contribution in [-0.2, 0) is 39.4 Å². The number of hydrogen-bond acceptors (Lipinski definition) is 9. The molecular formula is C31H45F3O10. The maximum absolute atomic E-state index is 13.2. The lowest BCUT2D eigenvalue weighted by molar-refractivity contribution is -0.138. The molecule has 1 aliphatic carbocycles. The highest BCUT2D eigenvalue weighted by atomic mass is 19.4. The van der Waals surface area contributed by atoms with Gasteiger partial charge in [0.1, 0.15) is 32.0 Å². The summed E-state index contributed by atoms with van der Waals surface area (Å²) in [4.78, 5) is 10.8. The molecule has 1 aliphatic rings. The predicted octanol–water partition coefficient (Wildman–Crippen LogP) is 4.85. The molecule has 0 spiro atoms. The van der Waals surface area contributed by atoms with Crippen LogP contribution in [0.2, 0.25) is 0 Å². The molecule has 0 heterocycles. The summed E-state index contributed by atoms with van der Waals surface area (Å²) in [6.45, 7) is 1.22. The number of allylic oxidation sites excluding steroid dienone is 2. The van der Waals surface area contributed by atoms with Gasteiger partial charge in [0.05, 0.1) is 44.2 Å². The number of aliphatic hydroxyl groups excluding tert-OH is 1. The van der Waals surface area contributed by atoms with E-state index in [1.54, 1.807) is 13.2 Å². The van der Waals surface area contributed by atoms with Crippen molar-refractivity contribution in [3.8, 4) is 5.75 Å². The molecule has 1 saturated carbocycles. The molecule has 2 N–H and O–H groups in total. The minimum atomic E-state index is -4.50. The van der Waals surface area contributed by atoms with Crippen LogP contribution in [0.3, 0.4) is 0 Å². The third-order valence-corrected chi connectivity index (χ3v) is 6.95. The van der Waals surface area contributed by atoms with E-state index in [0.29, 0.717) is 45.5 Å². The number of rotatable bonds is 23. The Morgan fingerprint density at radius 2 is 1.80 bits per heavy atom. The van der Waals surface area contributed by atoms with E-state index in [9.17, 15) is 23.1 Å². The van der Waals surface area contributed by atoms with Crippen molar-refractivity contribution in [1.29, 1.82) is 0 Å². The Balaban J connectivity index is 2.15. The van der Waals surface area contributed by atoms with E-state index < -0.39 is 29.9 Å². The van der Waals surface area contributed by atoms with Crippen LogP contribution in [0.1, 0.15) is 37.7 Å². The number of alkyl halides is 3. The first kappa shape index (κ1) is 37.7. The van der Waals surface area contributed by atoms with Gasteiger partial charge in [0.25, 0.3) is 0 Å². The molecule has 0 unspecified atom stereocenters. The van der Waals surface area contributed by atoms with E-state index in [-0.39, 0.29) is 56.9 Å². The Kier molecular flexibility index (Phi) is 18.2. The van der Waals surface area contributed by atoms with Gasteiger partial charge >= 0.3 is 12.1 Å². The standard InChI is InChI=1S/C31H45F3O10/c1-38-14-16-40-21-43-25(20-42-24-9-7-8-23(18-24)31(32,33)34)12-13-27-26(10-5-3-4-6-11-30(36)37)28(35)19-29(27)44-22-41-17-15-39-2/h3,5,7-9,12-13,18,25-29,35H,4,6,10-11,14-17,19-22H2,1-2H3,(H,36,37)/b5-3-,13-12+/t25-,26-,27-,28+,29-/m1/s1. The van der Waals surface area contributed by atoms with E-state index >= 15 is 0 Å². The molecule has 250 valence electrons. The van der Waals surface area contributed by atoms with Crippen LogP contribution < -0.4 is 4.74 Å². The van der Waals surface area contributed by atoms with Crippen molar-refractivity contribution in [2.75, 3.05) is 60.8 Å². The molecule has 0 saturated heterocycles. The Labute approximate surface area is 256 Å². The third-order valence-electron chi connectivity index (χ3n) is 6.95. The van der Waals surface area contributed by atoms with E-state index in [2.05, 4.69) is 0 Å². The van der Waals surface area contributed by atoms with Crippen molar-refractivity contribution < 1.29 is 61.3 Å². The number of ether oxygens (including phenoxy) is 7. The van der Waals surface area contributed by atoms with Crippen LogP contribution in [0.5, 0.6) is 5.75 Å². The quantitative estimate of drug-likeness (QED) is 0.0982. The van der Waals surface area contributed by atoms with Crippen LogP contribution in [0.15, 0.2) is 48.6 Å². The number of carboxylic acids is 1. The molecule has 5 atom stereocenters. The zero-order valence-electron chi connectivity index (χ0n) is 25.3. The Hall–Kier alpha value is -2.52. The number of carbonyl (C=O) groups is 1. The number of unbranched alkanes of at least 4 members (excludes halogenated alkanes) is 1. The number of methoxy groups -OCH3 is 2. The largest absolute Gasteiger partial charge is 0.491 e. The van der Waals surface area contributed by atoms with Gasteiger partial charge in [0, 0.05) is 33.0 Å². The SMILES string of the molecule is COCCOCO[C@H](/C=C/[C@@H]1[C@@H](C/C=C\CCCC(=O)O)[C@@H](O)C[C@H]1OCOCCOC)COc1cccc(C(F)(F)F)c1. The molecule has 0 aromatic heterocycles. The molecule has 1 aromatic carbocycles. The smallest absolute Gasteiger partial charge is 0.416 e. The Morgan fingerprint density at radius 3 is 2.48 bits per heavy atom. The summed E-state index contributed by atoms with van der Waals surface area (Å²) in [5, 5.41) is 19.7. The summed E-state index contributed by atoms with van der Waals surface area (Å²) < 4.78 is 77.8. The highest BCUT2D eigenvalue weighted by Gasteiger charge is 2.41. The highest BCUT2D eigenvalue weighted by molar-refractivity contribution is 5.66. The fourth-order valence-corrected chi connectivity index (χ4v) is 4.63. The molecule has 2 rings (SSSR count). The maximum Gasteiger partial charge on any atom is 0.416 e. The second-order valence-corrected chi connectivity index (χ2v) is 10.2. The predicted molar refractivity (Wildman–Crippen MR) is 154 cm³/mol. The van der Waals surface area contributed by atoms with Gasteiger partial charge in [0.15, 0.2) is 0 Å². The average Bonchev–Trinajstić information content (AvgIpc) is 3.28. The second-order valence-electron chi connectivity index (χ2n) is 10.2. The summed E-state index contributed by atoms with van der Waals surface area (Å²) in [6, 6.07) is 4.60. The fourth-order valence-electron chi connectivity index (χ4n) is 4.63. The zero-order valence-corrected chi connectivity index (χ0v) is 25.3. The van der Waals surface area contributed by atoms with Gasteiger partial charge < -0.3 is 43.4 Å². The minimum Gasteiger partial charge on any atom is -0.491 e. The first-order chi connectivity index (χ1) is 21.2. The van der Waals surface area contributed by atoms with Gasteiger partial charge in [-0.15, -0.1) is 0 Å². The number of hydrogen-bond donors (Lipinski definition) is 2. The molecule has 0 amide bonds. The van der Waals surface area contributed by atoms with Crippen LogP contribution in [0.4, 0.5) is 13.2 Å². The van der Waals surface area contributed by atoms with Crippen molar-refractivity contribution >= 4 is 5.97 Å². The topological polar surface area (TPSA) is 122 Å². The number of aliphatic carboxylic acids is 1. The van der Waals surface area contributed by atoms with Crippen LogP contribution in [0.25, 0.3) is 0 Å². The Morgan fingerprint density at radius 1 is 1.07 bits per heavy atom. The molecule has 0 bridgehead atoms. The maximum atomic E-state index is 13.2. The van der Waals surface area contributed by atoms with E-state index in [1.807, 2.05) is 18.2 Å². The first-order valence-electron chi connectivity index (χ1n) is 14.6. The third kappa shape index (κ3) is 15.0. The van der Waals surface area contributed by atoms with E-state index in [1.165, 1.54) is 19.2 Å². The number of halogens is 3. The van der Waals surface area contributed by atoms with Crippen molar-refractivity contribution in [1.82, 2.24) is 0 Å². The van der Waals surface area contributed by atoms with Crippen molar-refractivity contribution in [2.45, 2.75) is 56.6 Å². The van der Waals surface area contributed by atoms with Crippen LogP contribution in [0, 0.1) is 11.8 Å². The van der Waals surface area contributed by atoms with Crippen molar-refractivity contribution in [2.24, 2.45) is 11.8 Å². The van der Waals surface area contributed by atoms with E-state index in [4.69, 9.17) is 38.3 Å². The number of benzene rings is 1. The van der Waals surface area contributed by atoms with Gasteiger partial charge in [-0.25, -0.2) is 0 Å². The molecule has 10 nitrogen and oxygen atoms in total. The summed E-state index contributed by atoms with van der Waals surface area (Å²) in [5.41, 5.74) is -0.822.